The van der Waals surface area contributed by atoms with Gasteiger partial charge in [-0.15, -0.1) is 0 Å². The number of carbonyl (C=O) groups is 1. The molecule has 0 spiro atoms. The Bertz CT molecular complexity index is 662. The average Bonchev–Trinajstić information content (AvgIpc) is 2.38. The maximum Gasteiger partial charge on any atom is 0.248 e. The van der Waals surface area contributed by atoms with Gasteiger partial charge < -0.3 is 11.1 Å². The second kappa shape index (κ2) is 6.00. The van der Waals surface area contributed by atoms with Crippen molar-refractivity contribution >= 4 is 27.5 Å². The molecule has 3 N–H and O–H groups in total. The molecule has 0 aromatic heterocycles. The second-order valence-electron chi connectivity index (χ2n) is 4.15. The third kappa shape index (κ3) is 3.33. The van der Waals surface area contributed by atoms with Gasteiger partial charge in [0, 0.05) is 27.8 Å². The van der Waals surface area contributed by atoms with Gasteiger partial charge in [-0.1, -0.05) is 6.07 Å². The number of nitrogens with one attached hydrogen (secondary N) is 1. The molecule has 0 radical (unpaired) electrons. The Morgan fingerprint density at radius 3 is 2.55 bits per heavy atom. The fourth-order valence-electron chi connectivity index (χ4n) is 1.67. The van der Waals surface area contributed by atoms with E-state index >= 15 is 0 Å². The van der Waals surface area contributed by atoms with Crippen LogP contribution < -0.4 is 11.1 Å². The highest BCUT2D eigenvalue weighted by atomic mass is 79.9. The minimum atomic E-state index is -0.676. The predicted molar refractivity (Wildman–Crippen MR) is 76.3 cm³/mol. The molecular weight excluding hydrogens is 330 g/mol. The van der Waals surface area contributed by atoms with E-state index in [1.165, 1.54) is 24.3 Å². The van der Waals surface area contributed by atoms with Gasteiger partial charge in [-0.3, -0.25) is 4.79 Å². The summed E-state index contributed by atoms with van der Waals surface area (Å²) in [5.74, 6) is -1.56. The maximum absolute atomic E-state index is 13.8. The molecule has 2 aromatic carbocycles. The molecule has 104 valence electrons. The number of nitrogens with two attached hydrogens (primary N) is 1. The third-order valence-electron chi connectivity index (χ3n) is 2.74. The number of rotatable bonds is 4. The zero-order chi connectivity index (χ0) is 14.7. The van der Waals surface area contributed by atoms with E-state index in [1.807, 2.05) is 0 Å². The third-order valence-corrected chi connectivity index (χ3v) is 3.39. The molecule has 0 saturated carbocycles. The van der Waals surface area contributed by atoms with E-state index in [-0.39, 0.29) is 17.9 Å². The Balaban J connectivity index is 2.13. The van der Waals surface area contributed by atoms with Gasteiger partial charge in [-0.25, -0.2) is 8.78 Å². The van der Waals surface area contributed by atoms with Gasteiger partial charge in [0.1, 0.15) is 11.6 Å². The van der Waals surface area contributed by atoms with Crippen LogP contribution in [0.4, 0.5) is 14.5 Å². The van der Waals surface area contributed by atoms with Crippen LogP contribution in [0.25, 0.3) is 0 Å². The number of anilines is 1. The molecule has 20 heavy (non-hydrogen) atoms. The second-order valence-corrected chi connectivity index (χ2v) is 5.00. The van der Waals surface area contributed by atoms with Crippen LogP contribution in [-0.2, 0) is 6.54 Å². The number of amides is 1. The fourth-order valence-corrected chi connectivity index (χ4v) is 2.16. The van der Waals surface area contributed by atoms with Crippen LogP contribution in [0, 0.1) is 11.6 Å². The van der Waals surface area contributed by atoms with E-state index in [9.17, 15) is 13.6 Å². The largest absolute Gasteiger partial charge is 0.380 e. The first-order valence-corrected chi connectivity index (χ1v) is 6.54. The lowest BCUT2D eigenvalue weighted by Gasteiger charge is -2.10. The van der Waals surface area contributed by atoms with E-state index in [0.29, 0.717) is 15.7 Å². The Morgan fingerprint density at radius 2 is 1.95 bits per heavy atom. The first-order chi connectivity index (χ1) is 9.47. The zero-order valence-corrected chi connectivity index (χ0v) is 11.9. The highest BCUT2D eigenvalue weighted by molar-refractivity contribution is 9.10. The van der Waals surface area contributed by atoms with Crippen molar-refractivity contribution in [2.24, 2.45) is 5.73 Å². The van der Waals surface area contributed by atoms with Crippen LogP contribution in [0.15, 0.2) is 40.9 Å². The van der Waals surface area contributed by atoms with Crippen molar-refractivity contribution in [3.8, 4) is 0 Å². The van der Waals surface area contributed by atoms with Crippen molar-refractivity contribution in [1.29, 1.82) is 0 Å². The van der Waals surface area contributed by atoms with Crippen LogP contribution >= 0.6 is 15.9 Å². The van der Waals surface area contributed by atoms with Crippen molar-refractivity contribution in [2.75, 3.05) is 5.32 Å². The molecule has 3 nitrogen and oxygen atoms in total. The lowest BCUT2D eigenvalue weighted by atomic mass is 10.1. The van der Waals surface area contributed by atoms with Gasteiger partial charge in [-0.05, 0) is 46.3 Å². The van der Waals surface area contributed by atoms with Gasteiger partial charge in [0.05, 0.1) is 0 Å². The lowest BCUT2D eigenvalue weighted by Crippen LogP contribution is -2.12. The molecule has 0 atom stereocenters. The van der Waals surface area contributed by atoms with Crippen LogP contribution in [0.3, 0.4) is 0 Å². The standard InChI is InChI=1S/C14H11BrF2N2O/c15-11-6-10(16)3-4-13(11)19-7-9-2-1-8(14(18)20)5-12(9)17/h1-6,19H,7H2,(H2,18,20). The first-order valence-electron chi connectivity index (χ1n) is 5.74. The summed E-state index contributed by atoms with van der Waals surface area (Å²) >= 11 is 3.21. The van der Waals surface area contributed by atoms with Gasteiger partial charge in [0.2, 0.25) is 5.91 Å². The van der Waals surface area contributed by atoms with Crippen molar-refractivity contribution in [1.82, 2.24) is 0 Å². The summed E-state index contributed by atoms with van der Waals surface area (Å²) in [7, 11) is 0. The van der Waals surface area contributed by atoms with Crippen LogP contribution in [-0.4, -0.2) is 5.91 Å². The van der Waals surface area contributed by atoms with Gasteiger partial charge in [0.15, 0.2) is 0 Å². The van der Waals surface area contributed by atoms with Crippen LogP contribution in [0.1, 0.15) is 15.9 Å². The average molecular weight is 341 g/mol. The van der Waals surface area contributed by atoms with E-state index in [2.05, 4.69) is 21.2 Å². The molecule has 2 rings (SSSR count). The zero-order valence-electron chi connectivity index (χ0n) is 10.3. The van der Waals surface area contributed by atoms with Gasteiger partial charge in [0.25, 0.3) is 0 Å². The molecule has 0 fully saturated rings. The molecule has 2 aromatic rings. The Hall–Kier alpha value is -1.95. The number of halogens is 3. The van der Waals surface area contributed by atoms with Gasteiger partial charge in [-0.2, -0.15) is 0 Å². The normalized spacial score (nSPS) is 10.3. The van der Waals surface area contributed by atoms with Crippen LogP contribution in [0.5, 0.6) is 0 Å². The summed E-state index contributed by atoms with van der Waals surface area (Å²) in [5, 5.41) is 2.98. The molecule has 0 heterocycles. The first kappa shape index (κ1) is 14.5. The summed E-state index contributed by atoms with van der Waals surface area (Å²) < 4.78 is 27.2. The van der Waals surface area contributed by atoms with Gasteiger partial charge >= 0.3 is 0 Å². The maximum atomic E-state index is 13.8. The fraction of sp³-hybridized carbons (Fsp3) is 0.0714. The van der Waals surface area contributed by atoms with Crippen molar-refractivity contribution in [2.45, 2.75) is 6.54 Å². The van der Waals surface area contributed by atoms with E-state index < -0.39 is 11.7 Å². The SMILES string of the molecule is NC(=O)c1ccc(CNc2ccc(F)cc2Br)c(F)c1. The summed E-state index contributed by atoms with van der Waals surface area (Å²) in [4.78, 5) is 10.9. The number of hydrogen-bond acceptors (Lipinski definition) is 2. The molecule has 0 aliphatic carbocycles. The topological polar surface area (TPSA) is 55.1 Å². The predicted octanol–water partition coefficient (Wildman–Crippen LogP) is 3.44. The van der Waals surface area contributed by atoms with Crippen molar-refractivity contribution in [3.05, 3.63) is 63.6 Å². The molecule has 0 unspecified atom stereocenters. The summed E-state index contributed by atoms with van der Waals surface area (Å²) in [6.45, 7) is 0.203. The Morgan fingerprint density at radius 1 is 1.20 bits per heavy atom. The lowest BCUT2D eigenvalue weighted by molar-refractivity contribution is 0.1000. The van der Waals surface area contributed by atoms with E-state index in [1.54, 1.807) is 6.07 Å². The molecular formula is C14H11BrF2N2O. The minimum Gasteiger partial charge on any atom is -0.380 e. The Labute approximate surface area is 122 Å². The molecule has 0 bridgehead atoms. The summed E-state index contributed by atoms with van der Waals surface area (Å²) in [6, 6.07) is 8.21. The molecule has 0 aliphatic heterocycles. The number of benzene rings is 2. The van der Waals surface area contributed by atoms with Crippen molar-refractivity contribution in [3.63, 3.8) is 0 Å². The summed E-state index contributed by atoms with van der Waals surface area (Å²) in [6.07, 6.45) is 0. The smallest absolute Gasteiger partial charge is 0.248 e. The molecule has 1 amide bonds. The van der Waals surface area contributed by atoms with Crippen LogP contribution in [0.2, 0.25) is 0 Å². The molecule has 6 heteroatoms. The Kier molecular flexibility index (Phi) is 4.34. The highest BCUT2D eigenvalue weighted by Crippen LogP contribution is 2.24. The number of carbonyl (C=O) groups excluding carboxylic acids is 1. The highest BCUT2D eigenvalue weighted by Gasteiger charge is 2.08. The number of hydrogen-bond donors (Lipinski definition) is 2. The molecule has 0 aliphatic rings. The quantitative estimate of drug-likeness (QED) is 0.895. The van der Waals surface area contributed by atoms with Crippen molar-refractivity contribution < 1.29 is 13.6 Å². The summed E-state index contributed by atoms with van der Waals surface area (Å²) in [5.41, 5.74) is 6.21. The minimum absolute atomic E-state index is 0.120. The van der Waals surface area contributed by atoms with E-state index in [0.717, 1.165) is 6.07 Å². The monoisotopic (exact) mass is 340 g/mol. The molecule has 0 saturated heterocycles. The van der Waals surface area contributed by atoms with E-state index in [4.69, 9.17) is 5.73 Å². The number of primary amides is 1.